The maximum Gasteiger partial charge on any atom is 0.218 e. The molecule has 1 aromatic heterocycles. The first-order valence-electron chi connectivity index (χ1n) is 3.69. The molecule has 1 aliphatic carbocycles. The molecule has 2 rings (SSSR count). The Balaban J connectivity index is 2.39. The molecule has 1 aromatic rings. The summed E-state index contributed by atoms with van der Waals surface area (Å²) in [6, 6.07) is 3.38. The highest BCUT2D eigenvalue weighted by atomic mass is 19.1. The second-order valence-electron chi connectivity index (χ2n) is 2.89. The quantitative estimate of drug-likeness (QED) is 0.622. The monoisotopic (exact) mass is 152 g/mol. The molecule has 0 spiro atoms. The Kier molecular flexibility index (Phi) is 1.31. The SMILES string of the molecule is Nc1ccc(C2CC2)c(F)n1. The van der Waals surface area contributed by atoms with Gasteiger partial charge >= 0.3 is 0 Å². The van der Waals surface area contributed by atoms with Crippen LogP contribution in [0.25, 0.3) is 0 Å². The first-order valence-corrected chi connectivity index (χ1v) is 3.69. The molecule has 3 heteroatoms. The van der Waals surface area contributed by atoms with Crippen LogP contribution in [0.5, 0.6) is 0 Å². The second-order valence-corrected chi connectivity index (χ2v) is 2.89. The zero-order valence-corrected chi connectivity index (χ0v) is 6.05. The van der Waals surface area contributed by atoms with Crippen molar-refractivity contribution in [2.45, 2.75) is 18.8 Å². The molecule has 1 aliphatic rings. The summed E-state index contributed by atoms with van der Waals surface area (Å²) in [6.07, 6.45) is 2.17. The zero-order chi connectivity index (χ0) is 7.84. The molecular formula is C8H9FN2. The van der Waals surface area contributed by atoms with Crippen LogP contribution in [0.15, 0.2) is 12.1 Å². The van der Waals surface area contributed by atoms with Gasteiger partial charge in [0.15, 0.2) is 0 Å². The average Bonchev–Trinajstić information content (AvgIpc) is 2.70. The van der Waals surface area contributed by atoms with E-state index in [1.807, 2.05) is 0 Å². The molecule has 1 saturated carbocycles. The molecule has 0 saturated heterocycles. The molecular weight excluding hydrogens is 143 g/mol. The van der Waals surface area contributed by atoms with Crippen molar-refractivity contribution in [3.05, 3.63) is 23.6 Å². The lowest BCUT2D eigenvalue weighted by atomic mass is 10.2. The van der Waals surface area contributed by atoms with Crippen molar-refractivity contribution in [3.8, 4) is 0 Å². The van der Waals surface area contributed by atoms with Gasteiger partial charge in [-0.1, -0.05) is 6.07 Å². The maximum absolute atomic E-state index is 13.0. The number of nitrogens with zero attached hydrogens (tertiary/aromatic N) is 1. The van der Waals surface area contributed by atoms with E-state index in [4.69, 9.17) is 5.73 Å². The molecule has 1 heterocycles. The molecule has 0 atom stereocenters. The van der Waals surface area contributed by atoms with Crippen molar-refractivity contribution in [2.24, 2.45) is 0 Å². The Morgan fingerprint density at radius 2 is 2.18 bits per heavy atom. The van der Waals surface area contributed by atoms with Crippen molar-refractivity contribution in [2.75, 3.05) is 5.73 Å². The number of hydrogen-bond donors (Lipinski definition) is 1. The highest BCUT2D eigenvalue weighted by molar-refractivity contribution is 5.33. The van der Waals surface area contributed by atoms with Crippen LogP contribution in [0.1, 0.15) is 24.3 Å². The Hall–Kier alpha value is -1.12. The van der Waals surface area contributed by atoms with Crippen LogP contribution in [0.3, 0.4) is 0 Å². The largest absolute Gasteiger partial charge is 0.384 e. The lowest BCUT2D eigenvalue weighted by Gasteiger charge is -1.99. The standard InChI is InChI=1S/C8H9FN2/c9-8-6(5-1-2-5)3-4-7(10)11-8/h3-5H,1-2H2,(H2,10,11). The van der Waals surface area contributed by atoms with Crippen LogP contribution in [0.4, 0.5) is 10.2 Å². The van der Waals surface area contributed by atoms with E-state index in [1.165, 1.54) is 0 Å². The van der Waals surface area contributed by atoms with Crippen LogP contribution in [0.2, 0.25) is 0 Å². The fourth-order valence-corrected chi connectivity index (χ4v) is 1.16. The summed E-state index contributed by atoms with van der Waals surface area (Å²) in [6.45, 7) is 0. The summed E-state index contributed by atoms with van der Waals surface area (Å²) < 4.78 is 13.0. The van der Waals surface area contributed by atoms with Gasteiger partial charge in [-0.25, -0.2) is 4.98 Å². The molecule has 2 nitrogen and oxygen atoms in total. The van der Waals surface area contributed by atoms with E-state index < -0.39 is 5.95 Å². The summed E-state index contributed by atoms with van der Waals surface area (Å²) in [5.41, 5.74) is 6.02. The Morgan fingerprint density at radius 3 is 2.73 bits per heavy atom. The minimum absolute atomic E-state index is 0.256. The first kappa shape index (κ1) is 6.58. The predicted octanol–water partition coefficient (Wildman–Crippen LogP) is 1.68. The van der Waals surface area contributed by atoms with Gasteiger partial charge in [0, 0.05) is 5.56 Å². The molecule has 58 valence electrons. The van der Waals surface area contributed by atoms with Crippen molar-refractivity contribution in [3.63, 3.8) is 0 Å². The van der Waals surface area contributed by atoms with Gasteiger partial charge in [-0.3, -0.25) is 0 Å². The van der Waals surface area contributed by atoms with Gasteiger partial charge in [-0.05, 0) is 24.8 Å². The molecule has 0 radical (unpaired) electrons. The summed E-state index contributed by atoms with van der Waals surface area (Å²) in [7, 11) is 0. The van der Waals surface area contributed by atoms with E-state index in [0.29, 0.717) is 5.92 Å². The van der Waals surface area contributed by atoms with Gasteiger partial charge in [-0.2, -0.15) is 4.39 Å². The summed E-state index contributed by atoms with van der Waals surface area (Å²) in [4.78, 5) is 3.55. The predicted molar refractivity (Wildman–Crippen MR) is 40.6 cm³/mol. The molecule has 1 fully saturated rings. The average molecular weight is 152 g/mol. The summed E-state index contributed by atoms with van der Waals surface area (Å²) in [5, 5.41) is 0. The second kappa shape index (κ2) is 2.19. The molecule has 0 unspecified atom stereocenters. The highest BCUT2D eigenvalue weighted by Crippen LogP contribution is 2.40. The van der Waals surface area contributed by atoms with Crippen molar-refractivity contribution < 1.29 is 4.39 Å². The Morgan fingerprint density at radius 1 is 1.45 bits per heavy atom. The third-order valence-electron chi connectivity index (χ3n) is 1.92. The lowest BCUT2D eigenvalue weighted by molar-refractivity contribution is 0.569. The van der Waals surface area contributed by atoms with E-state index in [-0.39, 0.29) is 5.82 Å². The van der Waals surface area contributed by atoms with Gasteiger partial charge in [0.25, 0.3) is 0 Å². The molecule has 0 bridgehead atoms. The van der Waals surface area contributed by atoms with Crippen LogP contribution < -0.4 is 5.73 Å². The third-order valence-corrected chi connectivity index (χ3v) is 1.92. The number of nitrogen functional groups attached to an aromatic ring is 1. The summed E-state index contributed by atoms with van der Waals surface area (Å²) in [5.74, 6) is 0.266. The van der Waals surface area contributed by atoms with Crippen LogP contribution in [0, 0.1) is 5.95 Å². The fourth-order valence-electron chi connectivity index (χ4n) is 1.16. The minimum Gasteiger partial charge on any atom is -0.384 e. The molecule has 11 heavy (non-hydrogen) atoms. The van der Waals surface area contributed by atoms with Gasteiger partial charge in [0.1, 0.15) is 5.82 Å². The number of nitrogens with two attached hydrogens (primary N) is 1. The number of aromatic nitrogens is 1. The molecule has 0 aromatic carbocycles. The molecule has 0 aliphatic heterocycles. The van der Waals surface area contributed by atoms with Crippen molar-refractivity contribution in [1.82, 2.24) is 4.98 Å². The highest BCUT2D eigenvalue weighted by Gasteiger charge is 2.26. The number of rotatable bonds is 1. The zero-order valence-electron chi connectivity index (χ0n) is 6.05. The van der Waals surface area contributed by atoms with Gasteiger partial charge < -0.3 is 5.73 Å². The Labute approximate surface area is 64.2 Å². The van der Waals surface area contributed by atoms with E-state index >= 15 is 0 Å². The lowest BCUT2D eigenvalue weighted by Crippen LogP contribution is -1.96. The van der Waals surface area contributed by atoms with Crippen molar-refractivity contribution >= 4 is 5.82 Å². The molecule has 0 amide bonds. The van der Waals surface area contributed by atoms with Crippen LogP contribution in [-0.2, 0) is 0 Å². The van der Waals surface area contributed by atoms with E-state index in [0.717, 1.165) is 18.4 Å². The third kappa shape index (κ3) is 1.18. The van der Waals surface area contributed by atoms with Gasteiger partial charge in [0.2, 0.25) is 5.95 Å². The van der Waals surface area contributed by atoms with Crippen LogP contribution >= 0.6 is 0 Å². The molecule has 2 N–H and O–H groups in total. The number of halogens is 1. The topological polar surface area (TPSA) is 38.9 Å². The number of pyridine rings is 1. The smallest absolute Gasteiger partial charge is 0.218 e. The van der Waals surface area contributed by atoms with Crippen LogP contribution in [-0.4, -0.2) is 4.98 Å². The summed E-state index contributed by atoms with van der Waals surface area (Å²) >= 11 is 0. The normalized spacial score (nSPS) is 16.8. The van der Waals surface area contributed by atoms with Gasteiger partial charge in [0.05, 0.1) is 0 Å². The number of hydrogen-bond acceptors (Lipinski definition) is 2. The van der Waals surface area contributed by atoms with E-state index in [1.54, 1.807) is 12.1 Å². The van der Waals surface area contributed by atoms with Gasteiger partial charge in [-0.15, -0.1) is 0 Å². The fraction of sp³-hybridized carbons (Fsp3) is 0.375. The van der Waals surface area contributed by atoms with Crippen molar-refractivity contribution in [1.29, 1.82) is 0 Å². The van der Waals surface area contributed by atoms with E-state index in [9.17, 15) is 4.39 Å². The maximum atomic E-state index is 13.0. The first-order chi connectivity index (χ1) is 5.27. The number of anilines is 1. The van der Waals surface area contributed by atoms with E-state index in [2.05, 4.69) is 4.98 Å². The Bertz CT molecular complexity index is 281. The minimum atomic E-state index is -0.396.